The molecule has 0 aliphatic carbocycles. The number of nitrogens with zero attached hydrogens (tertiary/aromatic N) is 4. The number of pyridine rings is 1. The van der Waals surface area contributed by atoms with Crippen molar-refractivity contribution >= 4 is 39.1 Å². The van der Waals surface area contributed by atoms with E-state index in [1.807, 2.05) is 19.2 Å². The third-order valence-electron chi connectivity index (χ3n) is 4.19. The lowest BCUT2D eigenvalue weighted by Crippen LogP contribution is -2.36. The molecule has 1 aliphatic rings. The summed E-state index contributed by atoms with van der Waals surface area (Å²) in [5.74, 6) is 1.70. The van der Waals surface area contributed by atoms with Gasteiger partial charge in [-0.2, -0.15) is 0 Å². The molecule has 3 aromatic rings. The molecule has 3 aromatic heterocycles. The zero-order valence-electron chi connectivity index (χ0n) is 14.2. The van der Waals surface area contributed by atoms with Gasteiger partial charge in [-0.25, -0.2) is 15.0 Å². The zero-order valence-corrected chi connectivity index (χ0v) is 15.0. The number of primary amides is 1. The quantitative estimate of drug-likeness (QED) is 0.720. The Bertz CT molecular complexity index is 950. The molecule has 1 aliphatic heterocycles. The van der Waals surface area contributed by atoms with E-state index in [1.54, 1.807) is 12.3 Å². The summed E-state index contributed by atoms with van der Waals surface area (Å²) in [5.41, 5.74) is 6.99. The highest BCUT2D eigenvalue weighted by Crippen LogP contribution is 2.34. The molecule has 0 atom stereocenters. The number of ether oxygens (including phenoxy) is 1. The van der Waals surface area contributed by atoms with Crippen molar-refractivity contribution < 1.29 is 9.53 Å². The average Bonchev–Trinajstić information content (AvgIpc) is 3.12. The molecule has 4 heterocycles. The van der Waals surface area contributed by atoms with Gasteiger partial charge in [-0.3, -0.25) is 4.79 Å². The molecular weight excluding hydrogens is 352 g/mol. The standard InChI is InChI=1S/C17H18N6O2S/c1-19-13-3-2-10(9-20-13)16-21-11-8-12(15(18)24)26-14(11)17(22-16)23-4-6-25-7-5-23/h2-3,8-9H,4-7H2,1H3,(H2,18,24)(H,19,20). The number of hydrogen-bond acceptors (Lipinski definition) is 8. The number of carbonyl (C=O) groups is 1. The van der Waals surface area contributed by atoms with Crippen LogP contribution in [0.25, 0.3) is 21.6 Å². The van der Waals surface area contributed by atoms with Gasteiger partial charge in [0.1, 0.15) is 5.82 Å². The topological polar surface area (TPSA) is 106 Å². The van der Waals surface area contributed by atoms with Crippen LogP contribution in [0.2, 0.25) is 0 Å². The number of carbonyl (C=O) groups excluding carboxylic acids is 1. The average molecular weight is 370 g/mol. The van der Waals surface area contributed by atoms with Crippen LogP contribution in [0.1, 0.15) is 9.67 Å². The van der Waals surface area contributed by atoms with Gasteiger partial charge in [0.05, 0.1) is 28.3 Å². The lowest BCUT2D eigenvalue weighted by Gasteiger charge is -2.28. The molecule has 1 fully saturated rings. The smallest absolute Gasteiger partial charge is 0.258 e. The molecule has 134 valence electrons. The van der Waals surface area contributed by atoms with E-state index in [-0.39, 0.29) is 0 Å². The first-order valence-electron chi connectivity index (χ1n) is 8.24. The molecular formula is C17H18N6O2S. The summed E-state index contributed by atoms with van der Waals surface area (Å²) in [5, 5.41) is 2.99. The number of anilines is 2. The summed E-state index contributed by atoms with van der Waals surface area (Å²) >= 11 is 1.33. The summed E-state index contributed by atoms with van der Waals surface area (Å²) in [6, 6.07) is 5.52. The van der Waals surface area contributed by atoms with Gasteiger partial charge in [-0.05, 0) is 18.2 Å². The van der Waals surface area contributed by atoms with Gasteiger partial charge < -0.3 is 20.7 Å². The Labute approximate surface area is 154 Å². The molecule has 1 amide bonds. The SMILES string of the molecule is CNc1ccc(-c2nc(N3CCOCC3)c3sc(C(N)=O)cc3n2)cn1. The second-order valence-electron chi connectivity index (χ2n) is 5.84. The van der Waals surface area contributed by atoms with E-state index < -0.39 is 5.91 Å². The molecule has 0 aromatic carbocycles. The van der Waals surface area contributed by atoms with Crippen LogP contribution in [0.4, 0.5) is 11.6 Å². The number of rotatable bonds is 4. The number of nitrogens with one attached hydrogen (secondary N) is 1. The normalized spacial score (nSPS) is 14.6. The molecule has 1 saturated heterocycles. The predicted molar refractivity (Wildman–Crippen MR) is 102 cm³/mol. The number of nitrogens with two attached hydrogens (primary N) is 1. The van der Waals surface area contributed by atoms with Crippen molar-refractivity contribution in [2.45, 2.75) is 0 Å². The van der Waals surface area contributed by atoms with Crippen LogP contribution in [0.15, 0.2) is 24.4 Å². The molecule has 0 radical (unpaired) electrons. The molecule has 0 unspecified atom stereocenters. The zero-order chi connectivity index (χ0) is 18.1. The fraction of sp³-hybridized carbons (Fsp3) is 0.294. The molecule has 0 spiro atoms. The minimum atomic E-state index is -0.456. The van der Waals surface area contributed by atoms with Crippen molar-refractivity contribution in [1.82, 2.24) is 15.0 Å². The lowest BCUT2D eigenvalue weighted by molar-refractivity contribution is 0.100. The Kier molecular flexibility index (Phi) is 4.39. The first-order valence-corrected chi connectivity index (χ1v) is 9.05. The highest BCUT2D eigenvalue weighted by molar-refractivity contribution is 7.21. The van der Waals surface area contributed by atoms with Crippen molar-refractivity contribution in [3.63, 3.8) is 0 Å². The Hall–Kier alpha value is -2.78. The van der Waals surface area contributed by atoms with Crippen LogP contribution in [0.5, 0.6) is 0 Å². The first-order chi connectivity index (χ1) is 12.7. The van der Waals surface area contributed by atoms with Gasteiger partial charge in [0.2, 0.25) is 0 Å². The van der Waals surface area contributed by atoms with Gasteiger partial charge in [-0.1, -0.05) is 0 Å². The maximum atomic E-state index is 11.6. The van der Waals surface area contributed by atoms with Crippen LogP contribution < -0.4 is 16.0 Å². The van der Waals surface area contributed by atoms with Crippen molar-refractivity contribution in [2.75, 3.05) is 43.6 Å². The summed E-state index contributed by atoms with van der Waals surface area (Å²) in [4.78, 5) is 28.0. The van der Waals surface area contributed by atoms with E-state index in [4.69, 9.17) is 15.5 Å². The maximum absolute atomic E-state index is 11.6. The van der Waals surface area contributed by atoms with E-state index in [0.29, 0.717) is 29.4 Å². The number of amides is 1. The van der Waals surface area contributed by atoms with Gasteiger partial charge in [-0.15, -0.1) is 11.3 Å². The number of hydrogen-bond donors (Lipinski definition) is 2. The Morgan fingerprint density at radius 3 is 2.77 bits per heavy atom. The summed E-state index contributed by atoms with van der Waals surface area (Å²) < 4.78 is 6.31. The molecule has 8 nitrogen and oxygen atoms in total. The van der Waals surface area contributed by atoms with E-state index in [0.717, 1.165) is 35.0 Å². The maximum Gasteiger partial charge on any atom is 0.258 e. The van der Waals surface area contributed by atoms with E-state index >= 15 is 0 Å². The number of fused-ring (bicyclic) bond motifs is 1. The molecule has 9 heteroatoms. The second-order valence-corrected chi connectivity index (χ2v) is 6.89. The Morgan fingerprint density at radius 2 is 2.12 bits per heavy atom. The fourth-order valence-electron chi connectivity index (χ4n) is 2.83. The lowest BCUT2D eigenvalue weighted by atomic mass is 10.2. The van der Waals surface area contributed by atoms with Crippen LogP contribution in [-0.2, 0) is 4.74 Å². The minimum absolute atomic E-state index is 0.456. The van der Waals surface area contributed by atoms with E-state index in [2.05, 4.69) is 20.2 Å². The highest BCUT2D eigenvalue weighted by atomic mass is 32.1. The van der Waals surface area contributed by atoms with Crippen molar-refractivity contribution in [3.05, 3.63) is 29.3 Å². The highest BCUT2D eigenvalue weighted by Gasteiger charge is 2.21. The monoisotopic (exact) mass is 370 g/mol. The van der Waals surface area contributed by atoms with Gasteiger partial charge >= 0.3 is 0 Å². The van der Waals surface area contributed by atoms with Crippen LogP contribution in [0, 0.1) is 0 Å². The van der Waals surface area contributed by atoms with Crippen LogP contribution in [0.3, 0.4) is 0 Å². The van der Waals surface area contributed by atoms with Crippen LogP contribution >= 0.6 is 11.3 Å². The molecule has 0 bridgehead atoms. The van der Waals surface area contributed by atoms with Crippen molar-refractivity contribution in [1.29, 1.82) is 0 Å². The van der Waals surface area contributed by atoms with Crippen molar-refractivity contribution in [3.8, 4) is 11.4 Å². The third-order valence-corrected chi connectivity index (χ3v) is 5.32. The number of aromatic nitrogens is 3. The number of morpholine rings is 1. The predicted octanol–water partition coefficient (Wildman–Crippen LogP) is 1.73. The molecule has 4 rings (SSSR count). The van der Waals surface area contributed by atoms with E-state index in [9.17, 15) is 4.79 Å². The Balaban J connectivity index is 1.86. The summed E-state index contributed by atoms with van der Waals surface area (Å²) in [7, 11) is 1.82. The van der Waals surface area contributed by atoms with Gasteiger partial charge in [0.15, 0.2) is 11.6 Å². The summed E-state index contributed by atoms with van der Waals surface area (Å²) in [6.45, 7) is 2.78. The Morgan fingerprint density at radius 1 is 1.31 bits per heavy atom. The number of thiophene rings is 1. The third kappa shape index (κ3) is 3.06. The van der Waals surface area contributed by atoms with Crippen LogP contribution in [-0.4, -0.2) is 54.2 Å². The second kappa shape index (κ2) is 6.85. The van der Waals surface area contributed by atoms with Crippen molar-refractivity contribution in [2.24, 2.45) is 5.73 Å². The first kappa shape index (κ1) is 16.7. The molecule has 0 saturated carbocycles. The van der Waals surface area contributed by atoms with Gasteiger partial charge in [0, 0.05) is 31.9 Å². The largest absolute Gasteiger partial charge is 0.378 e. The van der Waals surface area contributed by atoms with E-state index in [1.165, 1.54) is 11.3 Å². The molecule has 26 heavy (non-hydrogen) atoms. The molecule has 3 N–H and O–H groups in total. The van der Waals surface area contributed by atoms with Gasteiger partial charge in [0.25, 0.3) is 5.91 Å². The minimum Gasteiger partial charge on any atom is -0.378 e. The summed E-state index contributed by atoms with van der Waals surface area (Å²) in [6.07, 6.45) is 1.73. The fourth-order valence-corrected chi connectivity index (χ4v) is 3.80.